The van der Waals surface area contributed by atoms with Crippen LogP contribution >= 0.6 is 0 Å². The second kappa shape index (κ2) is 8.30. The van der Waals surface area contributed by atoms with Crippen LogP contribution in [0.1, 0.15) is 51.5 Å². The highest BCUT2D eigenvalue weighted by molar-refractivity contribution is 7.91. The van der Waals surface area contributed by atoms with Crippen LogP contribution in [0, 0.1) is 11.7 Å². The first-order valence-electron chi connectivity index (χ1n) is 8.97. The highest BCUT2D eigenvalue weighted by atomic mass is 32.2. The van der Waals surface area contributed by atoms with Gasteiger partial charge >= 0.3 is 0 Å². The number of hydrogen-bond acceptors (Lipinski definition) is 3. The van der Waals surface area contributed by atoms with Gasteiger partial charge in [-0.2, -0.15) is 0 Å². The maximum atomic E-state index is 13.2. The molecule has 1 saturated heterocycles. The molecule has 1 aliphatic rings. The summed E-state index contributed by atoms with van der Waals surface area (Å²) in [6, 6.07) is 6.12. The predicted octanol–water partition coefficient (Wildman–Crippen LogP) is 3.38. The van der Waals surface area contributed by atoms with Crippen molar-refractivity contribution in [3.63, 3.8) is 0 Å². The summed E-state index contributed by atoms with van der Waals surface area (Å²) in [5, 5.41) is 0. The largest absolute Gasteiger partial charge is 0.339 e. The topological polar surface area (TPSA) is 54.5 Å². The summed E-state index contributed by atoms with van der Waals surface area (Å²) >= 11 is 0. The number of carbonyl (C=O) groups is 1. The van der Waals surface area contributed by atoms with Crippen LogP contribution in [0.3, 0.4) is 0 Å². The van der Waals surface area contributed by atoms with Gasteiger partial charge in [0, 0.05) is 19.0 Å². The summed E-state index contributed by atoms with van der Waals surface area (Å²) in [6.07, 6.45) is 1.68. The Morgan fingerprint density at radius 2 is 1.92 bits per heavy atom. The Morgan fingerprint density at radius 3 is 2.40 bits per heavy atom. The molecule has 1 fully saturated rings. The van der Waals surface area contributed by atoms with Crippen LogP contribution in [0.15, 0.2) is 24.3 Å². The van der Waals surface area contributed by atoms with Crippen molar-refractivity contribution in [2.45, 2.75) is 52.0 Å². The SMILES string of the molecule is CCN(C(=O)CC(CC(C)C)c1ccc(F)cc1)C1CCS(=O)(=O)C1. The monoisotopic (exact) mass is 369 g/mol. The Hall–Kier alpha value is -1.43. The van der Waals surface area contributed by atoms with Crippen LogP contribution < -0.4 is 0 Å². The smallest absolute Gasteiger partial charge is 0.223 e. The molecular weight excluding hydrogens is 341 g/mol. The molecule has 0 radical (unpaired) electrons. The van der Waals surface area contributed by atoms with E-state index in [1.54, 1.807) is 17.0 Å². The average Bonchev–Trinajstić information content (AvgIpc) is 2.87. The maximum absolute atomic E-state index is 13.2. The van der Waals surface area contributed by atoms with Crippen LogP contribution in [0.25, 0.3) is 0 Å². The third kappa shape index (κ3) is 5.53. The van der Waals surface area contributed by atoms with Gasteiger partial charge in [0.15, 0.2) is 9.84 Å². The molecule has 2 unspecified atom stereocenters. The lowest BCUT2D eigenvalue weighted by molar-refractivity contribution is -0.133. The molecule has 1 aliphatic heterocycles. The van der Waals surface area contributed by atoms with Gasteiger partial charge in [-0.1, -0.05) is 26.0 Å². The Labute approximate surface area is 150 Å². The minimum atomic E-state index is -3.02. The lowest BCUT2D eigenvalue weighted by Gasteiger charge is -2.29. The van der Waals surface area contributed by atoms with Gasteiger partial charge in [-0.15, -0.1) is 0 Å². The minimum absolute atomic E-state index is 0.0140. The third-order valence-electron chi connectivity index (χ3n) is 4.83. The minimum Gasteiger partial charge on any atom is -0.339 e. The average molecular weight is 370 g/mol. The van der Waals surface area contributed by atoms with Crippen molar-refractivity contribution in [3.8, 4) is 0 Å². The van der Waals surface area contributed by atoms with Crippen molar-refractivity contribution < 1.29 is 17.6 Å². The molecule has 0 saturated carbocycles. The summed E-state index contributed by atoms with van der Waals surface area (Å²) in [7, 11) is -3.02. The second-order valence-electron chi connectivity index (χ2n) is 7.32. The number of amides is 1. The van der Waals surface area contributed by atoms with E-state index >= 15 is 0 Å². The highest BCUT2D eigenvalue weighted by Crippen LogP contribution is 2.29. The summed E-state index contributed by atoms with van der Waals surface area (Å²) in [5.74, 6) is 0.349. The molecule has 1 amide bonds. The molecule has 0 aromatic heterocycles. The van der Waals surface area contributed by atoms with Gasteiger partial charge in [0.1, 0.15) is 5.82 Å². The zero-order valence-electron chi connectivity index (χ0n) is 15.2. The fourth-order valence-corrected chi connectivity index (χ4v) is 5.36. The number of benzene rings is 1. The van der Waals surface area contributed by atoms with Gasteiger partial charge in [0.25, 0.3) is 0 Å². The zero-order valence-corrected chi connectivity index (χ0v) is 16.1. The van der Waals surface area contributed by atoms with Gasteiger partial charge in [0.2, 0.25) is 5.91 Å². The molecule has 140 valence electrons. The van der Waals surface area contributed by atoms with E-state index in [0.717, 1.165) is 12.0 Å². The molecule has 1 heterocycles. The van der Waals surface area contributed by atoms with Gasteiger partial charge in [-0.3, -0.25) is 4.79 Å². The molecule has 0 aliphatic carbocycles. The summed E-state index contributed by atoms with van der Waals surface area (Å²) in [5.41, 5.74) is 0.957. The van der Waals surface area contributed by atoms with E-state index in [1.807, 2.05) is 6.92 Å². The fourth-order valence-electron chi connectivity index (χ4n) is 3.63. The second-order valence-corrected chi connectivity index (χ2v) is 9.55. The molecule has 2 rings (SSSR count). The Balaban J connectivity index is 2.13. The molecule has 1 aromatic carbocycles. The van der Waals surface area contributed by atoms with Crippen LogP contribution in [0.4, 0.5) is 4.39 Å². The maximum Gasteiger partial charge on any atom is 0.223 e. The number of sulfone groups is 1. The summed E-state index contributed by atoms with van der Waals surface area (Å²) < 4.78 is 36.7. The Bertz CT molecular complexity index is 685. The van der Waals surface area contributed by atoms with Gasteiger partial charge in [-0.25, -0.2) is 12.8 Å². The van der Waals surface area contributed by atoms with E-state index in [2.05, 4.69) is 13.8 Å². The molecule has 0 bridgehead atoms. The summed E-state index contributed by atoms with van der Waals surface area (Å²) in [6.45, 7) is 6.60. The molecule has 0 N–H and O–H groups in total. The predicted molar refractivity (Wildman–Crippen MR) is 97.7 cm³/mol. The van der Waals surface area contributed by atoms with Gasteiger partial charge in [0.05, 0.1) is 11.5 Å². The standard InChI is InChI=1S/C19H28FNO3S/c1-4-21(18-9-10-25(23,24)13-18)19(22)12-16(11-14(2)3)15-5-7-17(20)8-6-15/h5-8,14,16,18H,4,9-13H2,1-3H3. The number of hydrogen-bond donors (Lipinski definition) is 0. The van der Waals surface area contributed by atoms with Crippen molar-refractivity contribution in [3.05, 3.63) is 35.6 Å². The molecule has 1 aromatic rings. The molecule has 2 atom stereocenters. The number of carbonyl (C=O) groups excluding carboxylic acids is 1. The Kier molecular flexibility index (Phi) is 6.60. The molecule has 25 heavy (non-hydrogen) atoms. The first-order chi connectivity index (χ1) is 11.7. The van der Waals surface area contributed by atoms with Crippen LogP contribution in [0.5, 0.6) is 0 Å². The van der Waals surface area contributed by atoms with E-state index in [-0.39, 0.29) is 35.2 Å². The van der Waals surface area contributed by atoms with Crippen molar-refractivity contribution in [2.75, 3.05) is 18.1 Å². The van der Waals surface area contributed by atoms with E-state index < -0.39 is 9.84 Å². The van der Waals surface area contributed by atoms with Crippen LogP contribution in [0.2, 0.25) is 0 Å². The first kappa shape index (κ1) is 19.9. The van der Waals surface area contributed by atoms with Crippen molar-refractivity contribution in [2.24, 2.45) is 5.92 Å². The fraction of sp³-hybridized carbons (Fsp3) is 0.632. The summed E-state index contributed by atoms with van der Waals surface area (Å²) in [4.78, 5) is 14.6. The van der Waals surface area contributed by atoms with Crippen LogP contribution in [-0.2, 0) is 14.6 Å². The van der Waals surface area contributed by atoms with E-state index in [1.165, 1.54) is 12.1 Å². The molecular formula is C19H28FNO3S. The van der Waals surface area contributed by atoms with Crippen molar-refractivity contribution in [1.82, 2.24) is 4.90 Å². The Morgan fingerprint density at radius 1 is 1.28 bits per heavy atom. The number of halogens is 1. The van der Waals surface area contributed by atoms with E-state index in [4.69, 9.17) is 0 Å². The van der Waals surface area contributed by atoms with Crippen molar-refractivity contribution in [1.29, 1.82) is 0 Å². The zero-order chi connectivity index (χ0) is 18.6. The van der Waals surface area contributed by atoms with Gasteiger partial charge in [-0.05, 0) is 49.3 Å². The number of rotatable bonds is 7. The molecule has 6 heteroatoms. The lowest BCUT2D eigenvalue weighted by Crippen LogP contribution is -2.41. The first-order valence-corrected chi connectivity index (χ1v) is 10.8. The number of nitrogens with zero attached hydrogens (tertiary/aromatic N) is 1. The quantitative estimate of drug-likeness (QED) is 0.740. The molecule has 4 nitrogen and oxygen atoms in total. The van der Waals surface area contributed by atoms with Crippen LogP contribution in [-0.4, -0.2) is 43.3 Å². The normalized spacial score (nSPS) is 20.6. The third-order valence-corrected chi connectivity index (χ3v) is 6.58. The van der Waals surface area contributed by atoms with E-state index in [9.17, 15) is 17.6 Å². The highest BCUT2D eigenvalue weighted by Gasteiger charge is 2.34. The van der Waals surface area contributed by atoms with Gasteiger partial charge < -0.3 is 4.90 Å². The van der Waals surface area contributed by atoms with E-state index in [0.29, 0.717) is 25.3 Å². The van der Waals surface area contributed by atoms with Crippen molar-refractivity contribution >= 4 is 15.7 Å². The lowest BCUT2D eigenvalue weighted by atomic mass is 9.87. The molecule has 0 spiro atoms.